The van der Waals surface area contributed by atoms with Crippen LogP contribution in [0.3, 0.4) is 0 Å². The van der Waals surface area contributed by atoms with E-state index in [0.717, 1.165) is 18.4 Å². The monoisotopic (exact) mass is 466 g/mol. The minimum absolute atomic E-state index is 0.219. The van der Waals surface area contributed by atoms with E-state index in [4.69, 9.17) is 11.6 Å². The average Bonchev–Trinajstić information content (AvgIpc) is 2.89. The van der Waals surface area contributed by atoms with Crippen LogP contribution in [0, 0.1) is 0 Å². The number of rotatable bonds is 6. The molecule has 2 amide bonds. The minimum atomic E-state index is -1.56. The summed E-state index contributed by atoms with van der Waals surface area (Å²) in [4.78, 5) is 28.8. The van der Waals surface area contributed by atoms with Crippen LogP contribution in [-0.4, -0.2) is 22.6 Å². The van der Waals surface area contributed by atoms with Gasteiger partial charge in [0, 0.05) is 17.1 Å². The van der Waals surface area contributed by atoms with Crippen LogP contribution in [0.15, 0.2) is 76.5 Å². The van der Waals surface area contributed by atoms with Crippen LogP contribution in [0.2, 0.25) is 5.02 Å². The number of carbonyl (C=O) groups excluding carboxylic acids is 2. The first-order chi connectivity index (χ1) is 15.5. The lowest BCUT2D eigenvalue weighted by Crippen LogP contribution is -2.31. The van der Waals surface area contributed by atoms with E-state index in [1.165, 1.54) is 0 Å². The third kappa shape index (κ3) is 4.47. The first kappa shape index (κ1) is 22.2. The van der Waals surface area contributed by atoms with Gasteiger partial charge >= 0.3 is 0 Å². The molecule has 0 spiro atoms. The van der Waals surface area contributed by atoms with Crippen molar-refractivity contribution in [2.24, 2.45) is 0 Å². The molecule has 0 aliphatic carbocycles. The maximum atomic E-state index is 13.6. The van der Waals surface area contributed by atoms with E-state index in [9.17, 15) is 13.8 Å². The van der Waals surface area contributed by atoms with Crippen LogP contribution in [0.4, 0.5) is 5.69 Å². The molecule has 1 N–H and O–H groups in total. The first-order valence-corrected chi connectivity index (χ1v) is 12.0. The van der Waals surface area contributed by atoms with Gasteiger partial charge in [-0.25, -0.2) is 4.21 Å². The lowest BCUT2D eigenvalue weighted by atomic mass is 10.1. The topological polar surface area (TPSA) is 66.5 Å². The van der Waals surface area contributed by atoms with Gasteiger partial charge in [-0.1, -0.05) is 49.2 Å². The fourth-order valence-corrected chi connectivity index (χ4v) is 5.22. The number of benzene rings is 3. The number of carbonyl (C=O) groups is 2. The normalized spacial score (nSPS) is 15.0. The van der Waals surface area contributed by atoms with Gasteiger partial charge in [-0.15, -0.1) is 0 Å². The highest BCUT2D eigenvalue weighted by atomic mass is 35.5. The van der Waals surface area contributed by atoms with E-state index in [1.54, 1.807) is 59.5 Å². The van der Waals surface area contributed by atoms with Crippen LogP contribution in [0.25, 0.3) is 0 Å². The van der Waals surface area contributed by atoms with E-state index in [2.05, 4.69) is 12.2 Å². The molecule has 0 unspecified atom stereocenters. The molecule has 1 heterocycles. The van der Waals surface area contributed by atoms with E-state index < -0.39 is 10.8 Å². The summed E-state index contributed by atoms with van der Waals surface area (Å²) in [6.45, 7) is 2.87. The molecule has 0 saturated carbocycles. The Bertz CT molecular complexity index is 1210. The molecule has 0 radical (unpaired) electrons. The summed E-state index contributed by atoms with van der Waals surface area (Å²) in [6.07, 6.45) is 1.86. The Hall–Kier alpha value is -2.96. The molecule has 164 valence electrons. The Morgan fingerprint density at radius 1 is 1.03 bits per heavy atom. The Kier molecular flexibility index (Phi) is 6.72. The van der Waals surface area contributed by atoms with Gasteiger partial charge in [0.1, 0.15) is 0 Å². The Morgan fingerprint density at radius 2 is 1.84 bits per heavy atom. The highest BCUT2D eigenvalue weighted by molar-refractivity contribution is 7.85. The SMILES string of the molecule is CCCCNC(=O)c1ccc2c(c1)N(Cc1cccc(Cl)c1)C(=O)c1ccccc1[S@@]2=O. The zero-order valence-electron chi connectivity index (χ0n) is 17.6. The number of amides is 2. The fourth-order valence-electron chi connectivity index (χ4n) is 3.66. The molecule has 0 aromatic heterocycles. The molecule has 32 heavy (non-hydrogen) atoms. The number of anilines is 1. The second-order valence-corrected chi connectivity index (χ2v) is 9.43. The number of fused-ring (bicyclic) bond motifs is 2. The van der Waals surface area contributed by atoms with Crippen molar-refractivity contribution < 1.29 is 13.8 Å². The van der Waals surface area contributed by atoms with Crippen LogP contribution >= 0.6 is 11.6 Å². The molecule has 3 aromatic carbocycles. The number of halogens is 1. The Labute approximate surface area is 194 Å². The van der Waals surface area contributed by atoms with E-state index in [1.807, 2.05) is 12.1 Å². The lowest BCUT2D eigenvalue weighted by Gasteiger charge is -2.23. The van der Waals surface area contributed by atoms with E-state index in [0.29, 0.717) is 38.2 Å². The van der Waals surface area contributed by atoms with Gasteiger partial charge in [0.05, 0.1) is 38.4 Å². The van der Waals surface area contributed by atoms with Gasteiger partial charge in [0.25, 0.3) is 11.8 Å². The summed E-state index contributed by atoms with van der Waals surface area (Å²) in [5.74, 6) is -0.486. The molecule has 7 heteroatoms. The smallest absolute Gasteiger partial charge is 0.259 e. The van der Waals surface area contributed by atoms with E-state index >= 15 is 0 Å². The molecule has 0 bridgehead atoms. The zero-order valence-corrected chi connectivity index (χ0v) is 19.2. The Morgan fingerprint density at radius 3 is 2.62 bits per heavy atom. The maximum absolute atomic E-state index is 13.6. The Balaban J connectivity index is 1.81. The number of nitrogens with zero attached hydrogens (tertiary/aromatic N) is 1. The second-order valence-electron chi connectivity index (χ2n) is 7.58. The molecule has 0 fully saturated rings. The summed E-state index contributed by atoms with van der Waals surface area (Å²) in [5, 5.41) is 3.47. The van der Waals surface area contributed by atoms with Crippen LogP contribution in [0.1, 0.15) is 46.0 Å². The lowest BCUT2D eigenvalue weighted by molar-refractivity contribution is 0.0949. The van der Waals surface area contributed by atoms with Crippen molar-refractivity contribution in [2.45, 2.75) is 36.1 Å². The molecular formula is C25H23ClN2O3S. The zero-order chi connectivity index (χ0) is 22.7. The van der Waals surface area contributed by atoms with Crippen molar-refractivity contribution in [1.82, 2.24) is 5.32 Å². The predicted octanol–water partition coefficient (Wildman–Crippen LogP) is 5.20. The van der Waals surface area contributed by atoms with E-state index in [-0.39, 0.29) is 18.4 Å². The molecule has 1 aliphatic heterocycles. The number of hydrogen-bond donors (Lipinski definition) is 1. The highest BCUT2D eigenvalue weighted by Crippen LogP contribution is 2.36. The maximum Gasteiger partial charge on any atom is 0.259 e. The second kappa shape index (κ2) is 9.67. The van der Waals surface area contributed by atoms with Crippen LogP contribution in [0.5, 0.6) is 0 Å². The van der Waals surface area contributed by atoms with Crippen molar-refractivity contribution in [3.63, 3.8) is 0 Å². The van der Waals surface area contributed by atoms with Crippen molar-refractivity contribution >= 4 is 39.9 Å². The third-order valence-electron chi connectivity index (χ3n) is 5.32. The van der Waals surface area contributed by atoms with Gasteiger partial charge in [0.15, 0.2) is 0 Å². The van der Waals surface area contributed by atoms with Crippen molar-refractivity contribution in [3.05, 3.63) is 88.4 Å². The van der Waals surface area contributed by atoms with Gasteiger partial charge in [-0.2, -0.15) is 0 Å². The van der Waals surface area contributed by atoms with Crippen LogP contribution in [-0.2, 0) is 17.3 Å². The minimum Gasteiger partial charge on any atom is -0.352 e. The van der Waals surface area contributed by atoms with Gasteiger partial charge in [-0.05, 0) is 54.4 Å². The highest BCUT2D eigenvalue weighted by Gasteiger charge is 2.31. The molecule has 1 aliphatic rings. The molecule has 1 atom stereocenters. The van der Waals surface area contributed by atoms with Crippen molar-refractivity contribution in [3.8, 4) is 0 Å². The van der Waals surface area contributed by atoms with Gasteiger partial charge in [0.2, 0.25) is 0 Å². The molecular weight excluding hydrogens is 444 g/mol. The van der Waals surface area contributed by atoms with Crippen molar-refractivity contribution in [1.29, 1.82) is 0 Å². The first-order valence-electron chi connectivity index (χ1n) is 10.5. The predicted molar refractivity (Wildman–Crippen MR) is 127 cm³/mol. The fraction of sp³-hybridized carbons (Fsp3) is 0.200. The average molecular weight is 467 g/mol. The van der Waals surface area contributed by atoms with Gasteiger partial charge in [-0.3, -0.25) is 9.59 Å². The molecule has 0 saturated heterocycles. The van der Waals surface area contributed by atoms with Gasteiger partial charge < -0.3 is 10.2 Å². The molecule has 3 aromatic rings. The number of unbranched alkanes of at least 4 members (excludes halogenated alkanes) is 1. The van der Waals surface area contributed by atoms with Crippen LogP contribution < -0.4 is 10.2 Å². The molecule has 4 rings (SSSR count). The summed E-state index contributed by atoms with van der Waals surface area (Å²) in [7, 11) is -1.56. The molecule has 5 nitrogen and oxygen atoms in total. The summed E-state index contributed by atoms with van der Waals surface area (Å²) < 4.78 is 13.4. The standard InChI is InChI=1S/C25H23ClN2O3S/c1-2-3-13-27-24(29)18-11-12-23-21(15-18)28(16-17-7-6-8-19(26)14-17)25(30)20-9-4-5-10-22(20)32(23)31/h4-12,14-15H,2-3,13,16H2,1H3,(H,27,29)/t32-/m0/s1. The largest absolute Gasteiger partial charge is 0.352 e. The number of nitrogens with one attached hydrogen (secondary N) is 1. The number of hydrogen-bond acceptors (Lipinski definition) is 3. The van der Waals surface area contributed by atoms with Crippen molar-refractivity contribution in [2.75, 3.05) is 11.4 Å². The third-order valence-corrected chi connectivity index (χ3v) is 7.05. The summed E-state index contributed by atoms with van der Waals surface area (Å²) >= 11 is 6.16. The summed E-state index contributed by atoms with van der Waals surface area (Å²) in [6, 6.07) is 19.2. The quantitative estimate of drug-likeness (QED) is 0.508. The summed E-state index contributed by atoms with van der Waals surface area (Å²) in [5.41, 5.74) is 2.11.